The van der Waals surface area contributed by atoms with Crippen molar-refractivity contribution in [2.75, 3.05) is 37.7 Å². The van der Waals surface area contributed by atoms with Gasteiger partial charge in [-0.15, -0.1) is 0 Å². The number of carbonyl (C=O) groups excluding carboxylic acids is 1. The van der Waals surface area contributed by atoms with Gasteiger partial charge in [0.2, 0.25) is 15.9 Å². The number of anilines is 1. The van der Waals surface area contributed by atoms with E-state index in [4.69, 9.17) is 9.15 Å². The van der Waals surface area contributed by atoms with Crippen molar-refractivity contribution in [2.24, 2.45) is 0 Å². The number of hydrogen-bond acceptors (Lipinski definition) is 6. The summed E-state index contributed by atoms with van der Waals surface area (Å²) in [7, 11) is -3.72. The molecular formula is C21H21N3O6S. The number of rotatable bonds is 4. The van der Waals surface area contributed by atoms with Crippen LogP contribution in [0.2, 0.25) is 0 Å². The van der Waals surface area contributed by atoms with Crippen LogP contribution in [-0.2, 0) is 32.5 Å². The first-order valence-corrected chi connectivity index (χ1v) is 11.5. The number of oxazole rings is 1. The zero-order chi connectivity index (χ0) is 21.6. The summed E-state index contributed by atoms with van der Waals surface area (Å²) in [6.45, 7) is 1.61. The van der Waals surface area contributed by atoms with E-state index in [-0.39, 0.29) is 36.0 Å². The van der Waals surface area contributed by atoms with Gasteiger partial charge in [0, 0.05) is 31.4 Å². The molecule has 9 nitrogen and oxygen atoms in total. The molecule has 2 aromatic carbocycles. The normalized spacial score (nSPS) is 17.2. The van der Waals surface area contributed by atoms with E-state index in [9.17, 15) is 18.0 Å². The topological polar surface area (TPSA) is 102 Å². The van der Waals surface area contributed by atoms with Crippen LogP contribution in [0.4, 0.5) is 5.69 Å². The fourth-order valence-corrected chi connectivity index (χ4v) is 5.53. The first-order chi connectivity index (χ1) is 14.9. The predicted octanol–water partition coefficient (Wildman–Crippen LogP) is 1.20. The van der Waals surface area contributed by atoms with Crippen LogP contribution < -0.4 is 10.7 Å². The first kappa shape index (κ1) is 20.0. The zero-order valence-corrected chi connectivity index (χ0v) is 17.5. The molecule has 31 heavy (non-hydrogen) atoms. The van der Waals surface area contributed by atoms with Crippen molar-refractivity contribution in [1.82, 2.24) is 8.87 Å². The predicted molar refractivity (Wildman–Crippen MR) is 113 cm³/mol. The Morgan fingerprint density at radius 2 is 1.81 bits per heavy atom. The molecule has 0 N–H and O–H groups in total. The van der Waals surface area contributed by atoms with Crippen molar-refractivity contribution in [3.8, 4) is 0 Å². The molecule has 162 valence electrons. The molecule has 0 unspecified atom stereocenters. The molecule has 1 aromatic heterocycles. The summed E-state index contributed by atoms with van der Waals surface area (Å²) in [4.78, 5) is 27.1. The highest BCUT2D eigenvalue weighted by molar-refractivity contribution is 7.89. The molecule has 1 amide bonds. The summed E-state index contributed by atoms with van der Waals surface area (Å²) in [5, 5.41) is 0. The van der Waals surface area contributed by atoms with Gasteiger partial charge in [-0.3, -0.25) is 9.36 Å². The van der Waals surface area contributed by atoms with Crippen molar-refractivity contribution in [1.29, 1.82) is 0 Å². The molecule has 0 spiro atoms. The van der Waals surface area contributed by atoms with E-state index in [2.05, 4.69) is 0 Å². The third-order valence-corrected chi connectivity index (χ3v) is 7.62. The molecule has 3 heterocycles. The summed E-state index contributed by atoms with van der Waals surface area (Å²) in [5.41, 5.74) is 2.46. The van der Waals surface area contributed by atoms with Crippen LogP contribution in [0.15, 0.2) is 56.6 Å². The van der Waals surface area contributed by atoms with Crippen LogP contribution in [0, 0.1) is 0 Å². The number of fused-ring (bicyclic) bond motifs is 2. The Morgan fingerprint density at radius 3 is 2.61 bits per heavy atom. The van der Waals surface area contributed by atoms with Crippen molar-refractivity contribution in [2.45, 2.75) is 17.9 Å². The monoisotopic (exact) mass is 443 g/mol. The Hall–Kier alpha value is -2.95. The van der Waals surface area contributed by atoms with E-state index in [1.807, 2.05) is 24.3 Å². The van der Waals surface area contributed by atoms with E-state index in [0.717, 1.165) is 17.7 Å². The smallest absolute Gasteiger partial charge is 0.408 e. The summed E-state index contributed by atoms with van der Waals surface area (Å²) in [6.07, 6.45) is 0.770. The van der Waals surface area contributed by atoms with Crippen LogP contribution in [0.25, 0.3) is 11.1 Å². The second kappa shape index (κ2) is 7.63. The maximum Gasteiger partial charge on any atom is 0.420 e. The SMILES string of the molecule is O=C(Cn1c(=O)oc2cc(S(=O)(=O)N3CCOCC3)ccc21)N1CCc2ccccc21. The first-order valence-electron chi connectivity index (χ1n) is 10.0. The Balaban J connectivity index is 1.44. The highest BCUT2D eigenvalue weighted by Crippen LogP contribution is 2.28. The lowest BCUT2D eigenvalue weighted by molar-refractivity contribution is -0.119. The zero-order valence-electron chi connectivity index (χ0n) is 16.7. The van der Waals surface area contributed by atoms with Crippen molar-refractivity contribution in [3.63, 3.8) is 0 Å². The molecule has 0 bridgehead atoms. The van der Waals surface area contributed by atoms with Crippen LogP contribution in [-0.4, -0.2) is 56.0 Å². The quantitative estimate of drug-likeness (QED) is 0.601. The van der Waals surface area contributed by atoms with Gasteiger partial charge in [-0.05, 0) is 30.2 Å². The average Bonchev–Trinajstić information content (AvgIpc) is 3.35. The maximum absolute atomic E-state index is 12.9. The lowest BCUT2D eigenvalue weighted by Gasteiger charge is -2.25. The van der Waals surface area contributed by atoms with Crippen LogP contribution in [0.1, 0.15) is 5.56 Å². The molecule has 1 saturated heterocycles. The molecule has 0 saturated carbocycles. The van der Waals surface area contributed by atoms with Gasteiger partial charge in [-0.1, -0.05) is 18.2 Å². The fourth-order valence-electron chi connectivity index (χ4n) is 4.11. The number of morpholine rings is 1. The largest absolute Gasteiger partial charge is 0.420 e. The molecule has 3 aromatic rings. The summed E-state index contributed by atoms with van der Waals surface area (Å²) in [5.74, 6) is -0.920. The Bertz CT molecular complexity index is 1320. The minimum absolute atomic E-state index is 0.0441. The lowest BCUT2D eigenvalue weighted by Crippen LogP contribution is -2.40. The van der Waals surface area contributed by atoms with Gasteiger partial charge < -0.3 is 14.1 Å². The summed E-state index contributed by atoms with van der Waals surface area (Å²) in [6, 6.07) is 12.0. The van der Waals surface area contributed by atoms with Gasteiger partial charge in [-0.2, -0.15) is 4.31 Å². The number of para-hydroxylation sites is 1. The molecule has 2 aliphatic rings. The number of sulfonamides is 1. The second-order valence-corrected chi connectivity index (χ2v) is 9.46. The minimum Gasteiger partial charge on any atom is -0.408 e. The van der Waals surface area contributed by atoms with Gasteiger partial charge in [0.25, 0.3) is 0 Å². The molecule has 5 rings (SSSR count). The van der Waals surface area contributed by atoms with Gasteiger partial charge in [-0.25, -0.2) is 13.2 Å². The van der Waals surface area contributed by atoms with Gasteiger partial charge >= 0.3 is 5.76 Å². The average molecular weight is 443 g/mol. The molecule has 0 radical (unpaired) electrons. The van der Waals surface area contributed by atoms with Crippen LogP contribution in [0.3, 0.4) is 0 Å². The highest BCUT2D eigenvalue weighted by Gasteiger charge is 2.28. The number of nitrogens with zero attached hydrogens (tertiary/aromatic N) is 3. The molecule has 0 atom stereocenters. The van der Waals surface area contributed by atoms with Crippen molar-refractivity contribution >= 4 is 32.7 Å². The van der Waals surface area contributed by atoms with Gasteiger partial charge in [0.05, 0.1) is 23.6 Å². The summed E-state index contributed by atoms with van der Waals surface area (Å²) < 4.78 is 38.8. The number of benzene rings is 2. The van der Waals surface area contributed by atoms with E-state index < -0.39 is 15.8 Å². The second-order valence-electron chi connectivity index (χ2n) is 7.52. The Labute approximate surface area is 178 Å². The highest BCUT2D eigenvalue weighted by atomic mass is 32.2. The number of ether oxygens (including phenoxy) is 1. The number of amides is 1. The van der Waals surface area contributed by atoms with Crippen molar-refractivity contribution in [3.05, 3.63) is 58.6 Å². The third-order valence-electron chi connectivity index (χ3n) is 5.73. The number of carbonyl (C=O) groups is 1. The molecule has 10 heteroatoms. The Kier molecular flexibility index (Phi) is 4.92. The van der Waals surface area contributed by atoms with Crippen molar-refractivity contribution < 1.29 is 22.4 Å². The maximum atomic E-state index is 12.9. The van der Waals surface area contributed by atoms with Gasteiger partial charge in [0.15, 0.2) is 5.58 Å². The molecule has 1 fully saturated rings. The number of aromatic nitrogens is 1. The van der Waals surface area contributed by atoms with E-state index in [1.54, 1.807) is 4.90 Å². The van der Waals surface area contributed by atoms with E-state index in [1.165, 1.54) is 27.1 Å². The van der Waals surface area contributed by atoms with Gasteiger partial charge in [0.1, 0.15) is 6.54 Å². The molecule has 2 aliphatic heterocycles. The standard InChI is InChI=1S/C21H21N3O6S/c25-20(23-8-7-15-3-1-2-4-17(15)23)14-24-18-6-5-16(13-19(18)30-21(24)26)31(27,28)22-9-11-29-12-10-22/h1-6,13H,7-12,14H2. The third kappa shape index (κ3) is 3.46. The fraction of sp³-hybridized carbons (Fsp3) is 0.333. The lowest BCUT2D eigenvalue weighted by atomic mass is 10.2. The van der Waals surface area contributed by atoms with E-state index in [0.29, 0.717) is 25.3 Å². The van der Waals surface area contributed by atoms with Crippen LogP contribution in [0.5, 0.6) is 0 Å². The molecule has 0 aliphatic carbocycles. The van der Waals surface area contributed by atoms with Crippen LogP contribution >= 0.6 is 0 Å². The summed E-state index contributed by atoms with van der Waals surface area (Å²) >= 11 is 0. The number of hydrogen-bond donors (Lipinski definition) is 0. The van der Waals surface area contributed by atoms with E-state index >= 15 is 0 Å². The minimum atomic E-state index is -3.72. The molecular weight excluding hydrogens is 422 g/mol. The Morgan fingerprint density at radius 1 is 1.03 bits per heavy atom.